The maximum absolute atomic E-state index is 9.68. The van der Waals surface area contributed by atoms with Gasteiger partial charge in [-0.2, -0.15) is 0 Å². The molecule has 1 heterocycles. The van der Waals surface area contributed by atoms with Gasteiger partial charge in [-0.05, 0) is 43.5 Å². The molecule has 2 aromatic rings. The molecule has 0 saturated heterocycles. The van der Waals surface area contributed by atoms with Crippen molar-refractivity contribution < 1.29 is 9.84 Å². The van der Waals surface area contributed by atoms with E-state index < -0.39 is 0 Å². The van der Waals surface area contributed by atoms with Gasteiger partial charge < -0.3 is 14.7 Å². The van der Waals surface area contributed by atoms with Gasteiger partial charge in [-0.1, -0.05) is 6.07 Å². The number of phenols is 1. The second-order valence-corrected chi connectivity index (χ2v) is 5.36. The quantitative estimate of drug-likeness (QED) is 0.915. The van der Waals surface area contributed by atoms with Crippen molar-refractivity contribution in [2.45, 2.75) is 32.4 Å². The van der Waals surface area contributed by atoms with E-state index in [0.29, 0.717) is 18.3 Å². The van der Waals surface area contributed by atoms with Gasteiger partial charge in [-0.15, -0.1) is 0 Å². The molecule has 1 N–H and O–H groups in total. The minimum Gasteiger partial charge on any atom is -0.504 e. The topological polar surface area (TPSA) is 58.5 Å². The lowest BCUT2D eigenvalue weighted by atomic mass is 10.2. The van der Waals surface area contributed by atoms with Crippen molar-refractivity contribution in [1.29, 1.82) is 0 Å². The van der Waals surface area contributed by atoms with Crippen LogP contribution < -0.4 is 9.64 Å². The molecule has 3 rings (SSSR count). The fraction of sp³-hybridized carbons (Fsp3) is 0.375. The van der Waals surface area contributed by atoms with Crippen molar-refractivity contribution in [2.75, 3.05) is 12.0 Å². The van der Waals surface area contributed by atoms with E-state index in [4.69, 9.17) is 4.74 Å². The molecular weight excluding hydrogens is 266 g/mol. The van der Waals surface area contributed by atoms with Crippen molar-refractivity contribution in [1.82, 2.24) is 9.97 Å². The number of anilines is 1. The minimum atomic E-state index is 0.158. The molecular formula is C16H19N3O2. The standard InChI is InChI=1S/C16H19N3O2/c1-11-7-8-17-16(18-11)19(13-4-5-13)10-12-3-6-14(20)15(9-12)21-2/h3,6-9,13,20H,4-5,10H2,1-2H3. The lowest BCUT2D eigenvalue weighted by molar-refractivity contribution is 0.373. The maximum atomic E-state index is 9.68. The summed E-state index contributed by atoms with van der Waals surface area (Å²) in [5, 5.41) is 9.68. The Hall–Kier alpha value is -2.30. The van der Waals surface area contributed by atoms with E-state index in [9.17, 15) is 5.11 Å². The Morgan fingerprint density at radius 2 is 2.14 bits per heavy atom. The van der Waals surface area contributed by atoms with Crippen LogP contribution in [-0.2, 0) is 6.54 Å². The van der Waals surface area contributed by atoms with Crippen LogP contribution in [0.2, 0.25) is 0 Å². The van der Waals surface area contributed by atoms with Crippen LogP contribution in [0.4, 0.5) is 5.95 Å². The van der Waals surface area contributed by atoms with Crippen LogP contribution in [0.25, 0.3) is 0 Å². The van der Waals surface area contributed by atoms with E-state index in [0.717, 1.165) is 17.2 Å². The third kappa shape index (κ3) is 3.07. The lowest BCUT2D eigenvalue weighted by Gasteiger charge is -2.23. The first-order chi connectivity index (χ1) is 10.2. The molecule has 0 spiro atoms. The summed E-state index contributed by atoms with van der Waals surface area (Å²) in [6.45, 7) is 2.69. The number of methoxy groups -OCH3 is 1. The molecule has 0 aliphatic heterocycles. The van der Waals surface area contributed by atoms with Crippen molar-refractivity contribution in [3.8, 4) is 11.5 Å². The van der Waals surface area contributed by atoms with E-state index in [2.05, 4.69) is 14.9 Å². The van der Waals surface area contributed by atoms with E-state index >= 15 is 0 Å². The molecule has 0 bridgehead atoms. The average molecular weight is 285 g/mol. The van der Waals surface area contributed by atoms with Gasteiger partial charge in [0.15, 0.2) is 11.5 Å². The number of hydrogen-bond donors (Lipinski definition) is 1. The maximum Gasteiger partial charge on any atom is 0.226 e. The fourth-order valence-corrected chi connectivity index (χ4v) is 2.34. The van der Waals surface area contributed by atoms with Gasteiger partial charge in [0.1, 0.15) is 0 Å². The van der Waals surface area contributed by atoms with Crippen molar-refractivity contribution in [3.05, 3.63) is 41.7 Å². The normalized spacial score (nSPS) is 14.0. The zero-order valence-corrected chi connectivity index (χ0v) is 12.3. The third-order valence-electron chi connectivity index (χ3n) is 3.62. The Morgan fingerprint density at radius 3 is 2.81 bits per heavy atom. The van der Waals surface area contributed by atoms with Gasteiger partial charge in [0, 0.05) is 24.5 Å². The molecule has 1 fully saturated rings. The van der Waals surface area contributed by atoms with Crippen LogP contribution in [0.15, 0.2) is 30.5 Å². The monoisotopic (exact) mass is 285 g/mol. The molecule has 1 aromatic heterocycles. The predicted molar refractivity (Wildman–Crippen MR) is 80.6 cm³/mol. The molecule has 21 heavy (non-hydrogen) atoms. The first kappa shape index (κ1) is 13.7. The average Bonchev–Trinajstić information content (AvgIpc) is 3.31. The van der Waals surface area contributed by atoms with Gasteiger partial charge in [-0.25, -0.2) is 9.97 Å². The summed E-state index contributed by atoms with van der Waals surface area (Å²) in [6.07, 6.45) is 4.14. The Labute approximate surface area is 124 Å². The van der Waals surface area contributed by atoms with Gasteiger partial charge in [0.05, 0.1) is 7.11 Å². The lowest BCUT2D eigenvalue weighted by Crippen LogP contribution is -2.27. The van der Waals surface area contributed by atoms with E-state index in [1.807, 2.05) is 25.1 Å². The first-order valence-electron chi connectivity index (χ1n) is 7.09. The van der Waals surface area contributed by atoms with Crippen LogP contribution in [-0.4, -0.2) is 28.2 Å². The molecule has 5 heteroatoms. The van der Waals surface area contributed by atoms with E-state index in [1.165, 1.54) is 12.8 Å². The Kier molecular flexibility index (Phi) is 3.64. The van der Waals surface area contributed by atoms with Gasteiger partial charge in [-0.3, -0.25) is 0 Å². The molecule has 0 radical (unpaired) electrons. The highest BCUT2D eigenvalue weighted by atomic mass is 16.5. The van der Waals surface area contributed by atoms with Crippen LogP contribution in [0.1, 0.15) is 24.1 Å². The number of aryl methyl sites for hydroxylation is 1. The van der Waals surface area contributed by atoms with Crippen molar-refractivity contribution in [2.24, 2.45) is 0 Å². The molecule has 5 nitrogen and oxygen atoms in total. The summed E-state index contributed by atoms with van der Waals surface area (Å²) in [6, 6.07) is 7.84. The first-order valence-corrected chi connectivity index (χ1v) is 7.09. The van der Waals surface area contributed by atoms with Gasteiger partial charge >= 0.3 is 0 Å². The van der Waals surface area contributed by atoms with E-state index in [-0.39, 0.29) is 5.75 Å². The Bertz CT molecular complexity index is 641. The number of nitrogens with zero attached hydrogens (tertiary/aromatic N) is 3. The molecule has 110 valence electrons. The van der Waals surface area contributed by atoms with Crippen LogP contribution >= 0.6 is 0 Å². The largest absolute Gasteiger partial charge is 0.504 e. The predicted octanol–water partition coefficient (Wildman–Crippen LogP) is 2.67. The van der Waals surface area contributed by atoms with Gasteiger partial charge in [0.25, 0.3) is 0 Å². The highest BCUT2D eigenvalue weighted by Crippen LogP contribution is 2.33. The number of hydrogen-bond acceptors (Lipinski definition) is 5. The third-order valence-corrected chi connectivity index (χ3v) is 3.62. The van der Waals surface area contributed by atoms with Crippen LogP contribution in [0.5, 0.6) is 11.5 Å². The highest BCUT2D eigenvalue weighted by Gasteiger charge is 2.31. The number of rotatable bonds is 5. The minimum absolute atomic E-state index is 0.158. The zero-order chi connectivity index (χ0) is 14.8. The highest BCUT2D eigenvalue weighted by molar-refractivity contribution is 5.44. The second kappa shape index (κ2) is 5.60. The van der Waals surface area contributed by atoms with Crippen molar-refractivity contribution in [3.63, 3.8) is 0 Å². The summed E-state index contributed by atoms with van der Waals surface area (Å²) >= 11 is 0. The molecule has 1 aliphatic carbocycles. The number of aromatic nitrogens is 2. The van der Waals surface area contributed by atoms with Gasteiger partial charge in [0.2, 0.25) is 5.95 Å². The Morgan fingerprint density at radius 1 is 1.33 bits per heavy atom. The smallest absolute Gasteiger partial charge is 0.226 e. The molecule has 0 amide bonds. The molecule has 0 atom stereocenters. The summed E-state index contributed by atoms with van der Waals surface area (Å²) in [4.78, 5) is 11.1. The van der Waals surface area contributed by atoms with Crippen LogP contribution in [0, 0.1) is 6.92 Å². The fourth-order valence-electron chi connectivity index (χ4n) is 2.34. The van der Waals surface area contributed by atoms with Crippen molar-refractivity contribution >= 4 is 5.95 Å². The van der Waals surface area contributed by atoms with Crippen LogP contribution in [0.3, 0.4) is 0 Å². The number of ether oxygens (including phenoxy) is 1. The number of aromatic hydroxyl groups is 1. The summed E-state index contributed by atoms with van der Waals surface area (Å²) < 4.78 is 5.17. The SMILES string of the molecule is COc1cc(CN(c2nccc(C)n2)C2CC2)ccc1O. The zero-order valence-electron chi connectivity index (χ0n) is 12.3. The Balaban J connectivity index is 1.86. The number of phenolic OH excluding ortho intramolecular Hbond substituents is 1. The summed E-state index contributed by atoms with van der Waals surface area (Å²) in [5.41, 5.74) is 2.04. The molecule has 1 aromatic carbocycles. The molecule has 0 unspecified atom stereocenters. The summed E-state index contributed by atoms with van der Waals surface area (Å²) in [7, 11) is 1.56. The molecule has 1 saturated carbocycles. The summed E-state index contributed by atoms with van der Waals surface area (Å²) in [5.74, 6) is 1.42. The number of benzene rings is 1. The molecule has 1 aliphatic rings. The second-order valence-electron chi connectivity index (χ2n) is 5.36. The van der Waals surface area contributed by atoms with E-state index in [1.54, 1.807) is 19.4 Å².